The average molecular weight is 236 g/mol. The van der Waals surface area contributed by atoms with Crippen LogP contribution >= 0.6 is 0 Å². The Balaban J connectivity index is 2.14. The van der Waals surface area contributed by atoms with Gasteiger partial charge in [-0.1, -0.05) is 35.4 Å². The minimum Gasteiger partial charge on any atom is -0.772 e. The minimum atomic E-state index is -2.01. The predicted molar refractivity (Wildman–Crippen MR) is 65.0 cm³/mol. The van der Waals surface area contributed by atoms with Crippen molar-refractivity contribution in [3.8, 4) is 0 Å². The largest absolute Gasteiger partial charge is 0.772 e. The summed E-state index contributed by atoms with van der Waals surface area (Å²) in [5, 5.41) is 0. The van der Waals surface area contributed by atoms with Crippen LogP contribution in [0.5, 0.6) is 0 Å². The molecule has 0 radical (unpaired) electrons. The number of benzene rings is 1. The molecule has 2 rings (SSSR count). The molecule has 4 heteroatoms. The maximum absolute atomic E-state index is 10.6. The van der Waals surface area contributed by atoms with Crippen molar-refractivity contribution in [2.45, 2.75) is 12.2 Å². The van der Waals surface area contributed by atoms with Crippen molar-refractivity contribution in [2.75, 3.05) is 18.0 Å². The fourth-order valence-corrected chi connectivity index (χ4v) is 2.31. The van der Waals surface area contributed by atoms with Gasteiger partial charge in [0.25, 0.3) is 0 Å². The van der Waals surface area contributed by atoms with E-state index in [-0.39, 0.29) is 5.75 Å². The Kier molecular flexibility index (Phi) is 3.74. The normalized spacial score (nSPS) is 17.4. The van der Waals surface area contributed by atoms with Crippen molar-refractivity contribution >= 4 is 16.8 Å². The third-order valence-corrected chi connectivity index (χ3v) is 3.19. The first-order valence-electron chi connectivity index (χ1n) is 5.30. The fraction of sp³-hybridized carbons (Fsp3) is 0.333. The van der Waals surface area contributed by atoms with Gasteiger partial charge in [-0.15, -0.1) is 0 Å². The molecular weight excluding hydrogens is 222 g/mol. The van der Waals surface area contributed by atoms with E-state index < -0.39 is 11.1 Å². The Morgan fingerprint density at radius 3 is 2.94 bits per heavy atom. The lowest BCUT2D eigenvalue weighted by Gasteiger charge is -2.26. The molecule has 1 aliphatic heterocycles. The molecule has 1 aromatic carbocycles. The summed E-state index contributed by atoms with van der Waals surface area (Å²) in [4.78, 5) is 2.25. The molecule has 1 atom stereocenters. The van der Waals surface area contributed by atoms with E-state index in [9.17, 15) is 8.76 Å². The molecule has 0 amide bonds. The van der Waals surface area contributed by atoms with E-state index in [1.165, 1.54) is 0 Å². The van der Waals surface area contributed by atoms with Crippen LogP contribution < -0.4 is 4.90 Å². The molecular formula is C12H14NO2S-. The molecule has 1 unspecified atom stereocenters. The first kappa shape index (κ1) is 11.4. The third-order valence-electron chi connectivity index (χ3n) is 2.62. The summed E-state index contributed by atoms with van der Waals surface area (Å²) < 4.78 is 21.3. The molecule has 3 nitrogen and oxygen atoms in total. The molecule has 0 spiro atoms. The molecule has 86 valence electrons. The minimum absolute atomic E-state index is 0.0948. The van der Waals surface area contributed by atoms with Gasteiger partial charge in [-0.3, -0.25) is 4.21 Å². The van der Waals surface area contributed by atoms with Crippen molar-refractivity contribution in [3.63, 3.8) is 0 Å². The highest BCUT2D eigenvalue weighted by Gasteiger charge is 2.07. The quantitative estimate of drug-likeness (QED) is 0.594. The van der Waals surface area contributed by atoms with Crippen molar-refractivity contribution in [1.82, 2.24) is 0 Å². The topological polar surface area (TPSA) is 43.4 Å². The van der Waals surface area contributed by atoms with E-state index in [2.05, 4.69) is 17.1 Å². The van der Waals surface area contributed by atoms with E-state index >= 15 is 0 Å². The second kappa shape index (κ2) is 5.27. The Labute approximate surface area is 98.1 Å². The van der Waals surface area contributed by atoms with E-state index in [0.29, 0.717) is 0 Å². The fourth-order valence-electron chi connectivity index (χ4n) is 1.85. The standard InChI is InChI=1S/C12H15NO2S/c14-16(15)10-11-5-4-6-12(9-11)13-7-2-1-3-8-13/h1-2,4-6,9H,3,7-8,10H2,(H,14,15)/p-1. The zero-order valence-electron chi connectivity index (χ0n) is 8.96. The summed E-state index contributed by atoms with van der Waals surface area (Å²) in [6, 6.07) is 7.74. The summed E-state index contributed by atoms with van der Waals surface area (Å²) in [7, 11) is 0. The second-order valence-electron chi connectivity index (χ2n) is 3.82. The van der Waals surface area contributed by atoms with E-state index in [1.54, 1.807) is 0 Å². The summed E-state index contributed by atoms with van der Waals surface area (Å²) in [6.07, 6.45) is 5.37. The first-order chi connectivity index (χ1) is 7.75. The van der Waals surface area contributed by atoms with E-state index in [4.69, 9.17) is 0 Å². The summed E-state index contributed by atoms with van der Waals surface area (Å²) in [5.74, 6) is 0.0948. The third kappa shape index (κ3) is 2.93. The maximum Gasteiger partial charge on any atom is 0.0372 e. The molecule has 1 aromatic rings. The van der Waals surface area contributed by atoms with Crippen LogP contribution in [0.2, 0.25) is 0 Å². The van der Waals surface area contributed by atoms with Gasteiger partial charge < -0.3 is 9.45 Å². The van der Waals surface area contributed by atoms with Crippen LogP contribution in [0.25, 0.3) is 0 Å². The number of anilines is 1. The predicted octanol–water partition coefficient (Wildman–Crippen LogP) is 1.83. The van der Waals surface area contributed by atoms with Crippen LogP contribution in [0.15, 0.2) is 36.4 Å². The van der Waals surface area contributed by atoms with Crippen LogP contribution in [0.4, 0.5) is 5.69 Å². The molecule has 0 N–H and O–H groups in total. The SMILES string of the molecule is O=S([O-])Cc1cccc(N2CC=CCC2)c1. The smallest absolute Gasteiger partial charge is 0.0372 e. The van der Waals surface area contributed by atoms with Gasteiger partial charge in [0.05, 0.1) is 0 Å². The Morgan fingerprint density at radius 2 is 2.25 bits per heavy atom. The summed E-state index contributed by atoms with van der Waals surface area (Å²) in [5.41, 5.74) is 1.95. The Bertz CT molecular complexity index is 417. The highest BCUT2D eigenvalue weighted by atomic mass is 32.2. The molecule has 0 saturated heterocycles. The van der Waals surface area contributed by atoms with Gasteiger partial charge >= 0.3 is 0 Å². The zero-order chi connectivity index (χ0) is 11.4. The van der Waals surface area contributed by atoms with Gasteiger partial charge in [0.2, 0.25) is 0 Å². The molecule has 0 saturated carbocycles. The summed E-state index contributed by atoms with van der Waals surface area (Å²) >= 11 is -2.01. The molecule has 1 aliphatic rings. The second-order valence-corrected chi connectivity index (χ2v) is 4.72. The number of nitrogens with zero attached hydrogens (tertiary/aromatic N) is 1. The molecule has 0 aromatic heterocycles. The molecule has 1 heterocycles. The lowest BCUT2D eigenvalue weighted by molar-refractivity contribution is 0.536. The van der Waals surface area contributed by atoms with Crippen LogP contribution in [-0.2, 0) is 16.8 Å². The van der Waals surface area contributed by atoms with Crippen LogP contribution in [-0.4, -0.2) is 21.9 Å². The lowest BCUT2D eigenvalue weighted by Crippen LogP contribution is -2.26. The number of rotatable bonds is 3. The van der Waals surface area contributed by atoms with Gasteiger partial charge in [0.15, 0.2) is 0 Å². The van der Waals surface area contributed by atoms with Crippen molar-refractivity contribution in [3.05, 3.63) is 42.0 Å². The number of hydrogen-bond donors (Lipinski definition) is 0. The first-order valence-corrected chi connectivity index (χ1v) is 6.55. The van der Waals surface area contributed by atoms with Gasteiger partial charge in [0.1, 0.15) is 0 Å². The average Bonchev–Trinajstić information content (AvgIpc) is 2.30. The molecule has 0 fully saturated rings. The van der Waals surface area contributed by atoms with Crippen molar-refractivity contribution < 1.29 is 8.76 Å². The highest BCUT2D eigenvalue weighted by Crippen LogP contribution is 2.19. The highest BCUT2D eigenvalue weighted by molar-refractivity contribution is 7.78. The number of hydrogen-bond acceptors (Lipinski definition) is 3. The zero-order valence-corrected chi connectivity index (χ0v) is 9.78. The van der Waals surface area contributed by atoms with Crippen LogP contribution in [0.1, 0.15) is 12.0 Å². The van der Waals surface area contributed by atoms with Gasteiger partial charge in [-0.05, 0) is 24.1 Å². The van der Waals surface area contributed by atoms with Crippen LogP contribution in [0.3, 0.4) is 0 Å². The Hall–Kier alpha value is -1.13. The van der Waals surface area contributed by atoms with Gasteiger partial charge in [0, 0.05) is 24.5 Å². The van der Waals surface area contributed by atoms with Crippen LogP contribution in [0, 0.1) is 0 Å². The maximum atomic E-state index is 10.6. The van der Waals surface area contributed by atoms with Crippen molar-refractivity contribution in [2.24, 2.45) is 0 Å². The van der Waals surface area contributed by atoms with E-state index in [1.807, 2.05) is 24.3 Å². The monoisotopic (exact) mass is 236 g/mol. The van der Waals surface area contributed by atoms with Gasteiger partial charge in [-0.2, -0.15) is 0 Å². The molecule has 16 heavy (non-hydrogen) atoms. The summed E-state index contributed by atoms with van der Waals surface area (Å²) in [6.45, 7) is 1.91. The van der Waals surface area contributed by atoms with Crippen molar-refractivity contribution in [1.29, 1.82) is 0 Å². The molecule has 0 aliphatic carbocycles. The van der Waals surface area contributed by atoms with Gasteiger partial charge in [-0.25, -0.2) is 0 Å². The van der Waals surface area contributed by atoms with E-state index in [0.717, 1.165) is 30.8 Å². The Morgan fingerprint density at radius 1 is 1.38 bits per heavy atom. The molecule has 0 bridgehead atoms. The lowest BCUT2D eigenvalue weighted by atomic mass is 10.1.